The molecule has 5 atom stereocenters. The summed E-state index contributed by atoms with van der Waals surface area (Å²) in [7, 11) is 0. The van der Waals surface area contributed by atoms with E-state index in [0.29, 0.717) is 0 Å². The molecule has 14 nitrogen and oxygen atoms in total. The minimum Gasteiger partial charge on any atom is -0.481 e. The summed E-state index contributed by atoms with van der Waals surface area (Å²) in [4.78, 5) is 69.8. The number of nitrogens with one attached hydrogen (secondary N) is 3. The molecule has 0 spiro atoms. The molecule has 4 amide bonds. The first-order chi connectivity index (χ1) is 14.3. The van der Waals surface area contributed by atoms with E-state index in [0.717, 1.165) is 6.92 Å². The van der Waals surface area contributed by atoms with E-state index in [4.69, 9.17) is 21.7 Å². The zero-order valence-electron chi connectivity index (χ0n) is 16.6. The fraction of sp³-hybridized carbons (Fsp3) is 0.625. The molecular weight excluding hydrogens is 438 g/mol. The number of nitrogens with two attached hydrogens (primary N) is 2. The minimum atomic E-state index is -1.82. The maximum absolute atomic E-state index is 12.6. The molecule has 176 valence electrons. The molecule has 0 fully saturated rings. The second-order valence-electron chi connectivity index (χ2n) is 6.58. The third-order valence-electron chi connectivity index (χ3n) is 3.90. The van der Waals surface area contributed by atoms with Crippen LogP contribution in [0.2, 0.25) is 0 Å². The van der Waals surface area contributed by atoms with Crippen molar-refractivity contribution in [2.24, 2.45) is 11.5 Å². The molecule has 0 aliphatic rings. The quantitative estimate of drug-likeness (QED) is 0.112. The average molecular weight is 465 g/mol. The Morgan fingerprint density at radius 2 is 1.48 bits per heavy atom. The van der Waals surface area contributed by atoms with Gasteiger partial charge in [0.1, 0.15) is 18.1 Å². The maximum atomic E-state index is 12.6. The number of hydrogen-bond donors (Lipinski definition) is 9. The van der Waals surface area contributed by atoms with Crippen LogP contribution < -0.4 is 27.4 Å². The van der Waals surface area contributed by atoms with Gasteiger partial charge in [-0.1, -0.05) is 0 Å². The number of thiol groups is 1. The Morgan fingerprint density at radius 3 is 1.90 bits per heavy atom. The molecule has 0 aromatic rings. The van der Waals surface area contributed by atoms with Gasteiger partial charge in [-0.15, -0.1) is 0 Å². The van der Waals surface area contributed by atoms with Gasteiger partial charge in [-0.2, -0.15) is 12.6 Å². The van der Waals surface area contributed by atoms with Gasteiger partial charge in [0, 0.05) is 12.2 Å². The van der Waals surface area contributed by atoms with Crippen LogP contribution >= 0.6 is 12.6 Å². The summed E-state index contributed by atoms with van der Waals surface area (Å²) < 4.78 is 0. The highest BCUT2D eigenvalue weighted by atomic mass is 32.1. The largest absolute Gasteiger partial charge is 0.481 e. The van der Waals surface area contributed by atoms with E-state index in [1.54, 1.807) is 0 Å². The van der Waals surface area contributed by atoms with E-state index in [2.05, 4.69) is 23.3 Å². The molecule has 0 heterocycles. The van der Waals surface area contributed by atoms with E-state index in [-0.39, 0.29) is 18.6 Å². The van der Waals surface area contributed by atoms with Gasteiger partial charge in [0.15, 0.2) is 0 Å². The van der Waals surface area contributed by atoms with E-state index < -0.39 is 72.3 Å². The first-order valence-corrected chi connectivity index (χ1v) is 9.61. The molecule has 0 aliphatic heterocycles. The normalized spacial score (nSPS) is 15.5. The summed E-state index contributed by atoms with van der Waals surface area (Å²) in [6, 6.07) is -5.96. The number of carbonyl (C=O) groups excluding carboxylic acids is 4. The molecule has 0 aromatic heterocycles. The maximum Gasteiger partial charge on any atom is 0.326 e. The Hall–Kier alpha value is -2.91. The van der Waals surface area contributed by atoms with Crippen molar-refractivity contribution in [2.45, 2.75) is 56.5 Å². The van der Waals surface area contributed by atoms with Crippen LogP contribution in [0.4, 0.5) is 0 Å². The van der Waals surface area contributed by atoms with Gasteiger partial charge < -0.3 is 42.7 Å². The van der Waals surface area contributed by atoms with Crippen molar-refractivity contribution in [1.82, 2.24) is 16.0 Å². The van der Waals surface area contributed by atoms with Crippen molar-refractivity contribution in [3.63, 3.8) is 0 Å². The highest BCUT2D eigenvalue weighted by molar-refractivity contribution is 7.80. The van der Waals surface area contributed by atoms with Crippen LogP contribution in [-0.2, 0) is 28.8 Å². The summed E-state index contributed by atoms with van der Waals surface area (Å²) in [6.07, 6.45) is -3.03. The molecule has 0 saturated carbocycles. The minimum absolute atomic E-state index is 0.0468. The van der Waals surface area contributed by atoms with E-state index in [1.165, 1.54) is 0 Å². The first kappa shape index (κ1) is 28.1. The SMILES string of the molecule is CC(O)C(NC(=O)C(CCC(N)=O)NC(=O)C(N)CS)C(=O)NC(CC(=O)O)C(=O)O. The Bertz CT molecular complexity index is 703. The molecular formula is C16H27N5O9S. The Kier molecular flexibility index (Phi) is 12.1. The van der Waals surface area contributed by atoms with Gasteiger partial charge >= 0.3 is 11.9 Å². The van der Waals surface area contributed by atoms with Crippen molar-refractivity contribution in [3.8, 4) is 0 Å². The summed E-state index contributed by atoms with van der Waals surface area (Å²) >= 11 is 3.86. The van der Waals surface area contributed by atoms with Crippen molar-refractivity contribution >= 4 is 48.2 Å². The lowest BCUT2D eigenvalue weighted by atomic mass is 10.1. The van der Waals surface area contributed by atoms with Gasteiger partial charge in [0.2, 0.25) is 23.6 Å². The van der Waals surface area contributed by atoms with Crippen molar-refractivity contribution in [1.29, 1.82) is 0 Å². The highest BCUT2D eigenvalue weighted by Crippen LogP contribution is 2.03. The standard InChI is InChI=1S/C16H27N5O9S/c1-6(22)12(15(28)20-9(16(29)30)4-11(24)25)21-14(27)8(2-3-10(18)23)19-13(26)7(17)5-31/h6-9,12,22,31H,2-5,17H2,1H3,(H2,18,23)(H,19,26)(H,20,28)(H,21,27)(H,24,25)(H,29,30). The fourth-order valence-corrected chi connectivity index (χ4v) is 2.38. The number of aliphatic hydroxyl groups excluding tert-OH is 1. The molecule has 0 aliphatic carbocycles. The third kappa shape index (κ3) is 10.6. The smallest absolute Gasteiger partial charge is 0.326 e. The predicted octanol–water partition coefficient (Wildman–Crippen LogP) is -4.10. The molecule has 15 heteroatoms. The van der Waals surface area contributed by atoms with E-state index in [1.807, 2.05) is 5.32 Å². The first-order valence-electron chi connectivity index (χ1n) is 8.98. The number of carbonyl (C=O) groups is 6. The predicted molar refractivity (Wildman–Crippen MR) is 108 cm³/mol. The Labute approximate surface area is 182 Å². The number of amides is 4. The van der Waals surface area contributed by atoms with E-state index in [9.17, 15) is 33.9 Å². The highest BCUT2D eigenvalue weighted by Gasteiger charge is 2.33. The molecule has 31 heavy (non-hydrogen) atoms. The molecule has 0 aromatic carbocycles. The Balaban J connectivity index is 5.45. The second kappa shape index (κ2) is 13.4. The lowest BCUT2D eigenvalue weighted by molar-refractivity contribution is -0.148. The molecule has 0 saturated heterocycles. The fourth-order valence-electron chi connectivity index (χ4n) is 2.21. The van der Waals surface area contributed by atoms with Crippen molar-refractivity contribution in [2.75, 3.05) is 5.75 Å². The summed E-state index contributed by atoms with van der Waals surface area (Å²) in [5.41, 5.74) is 10.6. The van der Waals surface area contributed by atoms with Crippen molar-refractivity contribution < 1.29 is 44.1 Å². The number of hydrogen-bond acceptors (Lipinski definition) is 9. The lowest BCUT2D eigenvalue weighted by Crippen LogP contribution is -2.60. The van der Waals surface area contributed by atoms with Crippen LogP contribution in [-0.4, -0.2) is 86.9 Å². The van der Waals surface area contributed by atoms with Gasteiger partial charge in [-0.25, -0.2) is 4.79 Å². The summed E-state index contributed by atoms with van der Waals surface area (Å²) in [5, 5.41) is 33.9. The third-order valence-corrected chi connectivity index (χ3v) is 4.30. The van der Waals surface area contributed by atoms with Gasteiger partial charge in [-0.3, -0.25) is 24.0 Å². The molecule has 5 unspecified atom stereocenters. The van der Waals surface area contributed by atoms with Gasteiger partial charge in [0.05, 0.1) is 18.6 Å². The van der Waals surface area contributed by atoms with Crippen LogP contribution in [0.5, 0.6) is 0 Å². The zero-order valence-corrected chi connectivity index (χ0v) is 17.5. The van der Waals surface area contributed by atoms with Gasteiger partial charge in [-0.05, 0) is 13.3 Å². The lowest BCUT2D eigenvalue weighted by Gasteiger charge is -2.26. The topological polar surface area (TPSA) is 251 Å². The number of primary amides is 1. The number of aliphatic carboxylic acids is 2. The second-order valence-corrected chi connectivity index (χ2v) is 6.94. The number of aliphatic hydroxyl groups is 1. The molecule has 0 rings (SSSR count). The van der Waals surface area contributed by atoms with Crippen LogP contribution in [0.25, 0.3) is 0 Å². The summed E-state index contributed by atoms with van der Waals surface area (Å²) in [6.45, 7) is 1.12. The number of carboxylic acid groups (broad SMARTS) is 2. The monoisotopic (exact) mass is 465 g/mol. The molecule has 0 bridgehead atoms. The Morgan fingerprint density at radius 1 is 0.935 bits per heavy atom. The van der Waals surface area contributed by atoms with Crippen LogP contribution in [0.15, 0.2) is 0 Å². The van der Waals surface area contributed by atoms with Crippen molar-refractivity contribution in [3.05, 3.63) is 0 Å². The average Bonchev–Trinajstić information content (AvgIpc) is 2.66. The summed E-state index contributed by atoms with van der Waals surface area (Å²) in [5.74, 6) is -6.90. The van der Waals surface area contributed by atoms with E-state index >= 15 is 0 Å². The van der Waals surface area contributed by atoms with Gasteiger partial charge in [0.25, 0.3) is 0 Å². The van der Waals surface area contributed by atoms with Crippen LogP contribution in [0, 0.1) is 0 Å². The number of carboxylic acids is 2. The zero-order chi connectivity index (χ0) is 24.3. The molecule has 0 radical (unpaired) electrons. The molecule has 10 N–H and O–H groups in total. The van der Waals surface area contributed by atoms with Crippen LogP contribution in [0.1, 0.15) is 26.2 Å². The van der Waals surface area contributed by atoms with Crippen LogP contribution in [0.3, 0.4) is 0 Å². The number of rotatable bonds is 14.